The maximum atomic E-state index is 4.17. The summed E-state index contributed by atoms with van der Waals surface area (Å²) < 4.78 is 0. The van der Waals surface area contributed by atoms with E-state index in [0.29, 0.717) is 5.92 Å². The average molecular weight is 176 g/mol. The number of azo groups is 1. The molecule has 0 unspecified atom stereocenters. The molecule has 1 rings (SSSR count). The molecule has 0 heterocycles. The summed E-state index contributed by atoms with van der Waals surface area (Å²) in [5, 5.41) is 8.30. The maximum Gasteiger partial charge on any atom is 0.0881 e. The number of aryl methyl sites for hydroxylation is 1. The van der Waals surface area contributed by atoms with Gasteiger partial charge in [-0.2, -0.15) is 10.2 Å². The van der Waals surface area contributed by atoms with Gasteiger partial charge in [0.2, 0.25) is 0 Å². The van der Waals surface area contributed by atoms with Crippen molar-refractivity contribution in [2.24, 2.45) is 16.1 Å². The molecule has 0 N–H and O–H groups in total. The predicted octanol–water partition coefficient (Wildman–Crippen LogP) is 3.73. The van der Waals surface area contributed by atoms with Gasteiger partial charge in [-0.3, -0.25) is 0 Å². The van der Waals surface area contributed by atoms with Gasteiger partial charge in [-0.25, -0.2) is 0 Å². The lowest BCUT2D eigenvalue weighted by Gasteiger charge is -1.98. The Kier molecular flexibility index (Phi) is 3.62. The zero-order valence-corrected chi connectivity index (χ0v) is 8.49. The molecule has 1 aromatic rings. The molecule has 13 heavy (non-hydrogen) atoms. The van der Waals surface area contributed by atoms with Crippen LogP contribution in [-0.2, 0) is 0 Å². The molecule has 70 valence electrons. The lowest BCUT2D eigenvalue weighted by Crippen LogP contribution is -1.89. The summed E-state index contributed by atoms with van der Waals surface area (Å²) in [4.78, 5) is 0. The summed E-state index contributed by atoms with van der Waals surface area (Å²) in [5.74, 6) is 0.577. The number of hydrogen-bond donors (Lipinski definition) is 0. The van der Waals surface area contributed by atoms with E-state index < -0.39 is 0 Å². The van der Waals surface area contributed by atoms with Gasteiger partial charge < -0.3 is 0 Å². The topological polar surface area (TPSA) is 24.7 Å². The molecule has 0 aliphatic carbocycles. The zero-order chi connectivity index (χ0) is 9.68. The van der Waals surface area contributed by atoms with Crippen molar-refractivity contribution in [3.63, 3.8) is 0 Å². The molecule has 0 spiro atoms. The monoisotopic (exact) mass is 176 g/mol. The molecule has 0 aromatic heterocycles. The largest absolute Gasteiger partial charge is 0.188 e. The number of hydrogen-bond acceptors (Lipinski definition) is 2. The third kappa shape index (κ3) is 3.36. The smallest absolute Gasteiger partial charge is 0.0881 e. The Hall–Kier alpha value is -1.18. The Balaban J connectivity index is 2.63. The number of nitrogens with zero attached hydrogens (tertiary/aromatic N) is 2. The van der Waals surface area contributed by atoms with E-state index in [1.54, 1.807) is 0 Å². The SMILES string of the molecule is Cc1ccccc1N=NCC(C)C. The lowest BCUT2D eigenvalue weighted by atomic mass is 10.2. The van der Waals surface area contributed by atoms with Gasteiger partial charge in [0.05, 0.1) is 12.2 Å². The summed E-state index contributed by atoms with van der Waals surface area (Å²) in [5.41, 5.74) is 2.15. The standard InChI is InChI=1S/C11H16N2/c1-9(2)8-12-13-11-7-5-4-6-10(11)3/h4-7,9H,8H2,1-3H3. The fourth-order valence-corrected chi connectivity index (χ4v) is 0.956. The fraction of sp³-hybridized carbons (Fsp3) is 0.455. The van der Waals surface area contributed by atoms with Gasteiger partial charge in [0.25, 0.3) is 0 Å². The summed E-state index contributed by atoms with van der Waals surface area (Å²) in [6, 6.07) is 8.02. The quantitative estimate of drug-likeness (QED) is 0.627. The fourth-order valence-electron chi connectivity index (χ4n) is 0.956. The molecular formula is C11H16N2. The second-order valence-corrected chi connectivity index (χ2v) is 3.60. The average Bonchev–Trinajstić information content (AvgIpc) is 2.08. The second kappa shape index (κ2) is 4.75. The molecule has 2 heteroatoms. The van der Waals surface area contributed by atoms with Crippen molar-refractivity contribution in [1.29, 1.82) is 0 Å². The van der Waals surface area contributed by atoms with E-state index in [9.17, 15) is 0 Å². The van der Waals surface area contributed by atoms with E-state index in [1.165, 1.54) is 5.56 Å². The molecule has 2 nitrogen and oxygen atoms in total. The molecule has 0 saturated carbocycles. The molecule has 1 aromatic carbocycles. The normalized spacial score (nSPS) is 11.4. The molecule has 0 atom stereocenters. The van der Waals surface area contributed by atoms with Gasteiger partial charge in [-0.15, -0.1) is 0 Å². The lowest BCUT2D eigenvalue weighted by molar-refractivity contribution is 0.647. The minimum absolute atomic E-state index is 0.577. The van der Waals surface area contributed by atoms with Crippen LogP contribution in [0.15, 0.2) is 34.5 Å². The first-order valence-electron chi connectivity index (χ1n) is 4.63. The van der Waals surface area contributed by atoms with Crippen LogP contribution in [0, 0.1) is 12.8 Å². The predicted molar refractivity (Wildman–Crippen MR) is 55.4 cm³/mol. The highest BCUT2D eigenvalue weighted by molar-refractivity contribution is 5.43. The van der Waals surface area contributed by atoms with E-state index in [-0.39, 0.29) is 0 Å². The minimum atomic E-state index is 0.577. The number of benzene rings is 1. The highest BCUT2D eigenvalue weighted by Gasteiger charge is 1.93. The molecule has 0 saturated heterocycles. The van der Waals surface area contributed by atoms with Crippen LogP contribution < -0.4 is 0 Å². The van der Waals surface area contributed by atoms with Crippen LogP contribution in [0.2, 0.25) is 0 Å². The molecule has 0 fully saturated rings. The van der Waals surface area contributed by atoms with Crippen LogP contribution in [0.3, 0.4) is 0 Å². The van der Waals surface area contributed by atoms with Crippen LogP contribution in [0.5, 0.6) is 0 Å². The van der Waals surface area contributed by atoms with Crippen molar-refractivity contribution in [3.8, 4) is 0 Å². The van der Waals surface area contributed by atoms with E-state index in [2.05, 4.69) is 24.1 Å². The first-order chi connectivity index (χ1) is 6.20. The summed E-state index contributed by atoms with van der Waals surface area (Å²) in [6.07, 6.45) is 0. The highest BCUT2D eigenvalue weighted by Crippen LogP contribution is 2.17. The van der Waals surface area contributed by atoms with Crippen molar-refractivity contribution < 1.29 is 0 Å². The Morgan fingerprint density at radius 1 is 1.23 bits per heavy atom. The van der Waals surface area contributed by atoms with Gasteiger partial charge in [0.15, 0.2) is 0 Å². The van der Waals surface area contributed by atoms with Gasteiger partial charge in [0, 0.05) is 0 Å². The molecule has 0 amide bonds. The van der Waals surface area contributed by atoms with E-state index >= 15 is 0 Å². The van der Waals surface area contributed by atoms with Crippen LogP contribution in [0.25, 0.3) is 0 Å². The molecule has 0 aliphatic rings. The number of rotatable bonds is 3. The zero-order valence-electron chi connectivity index (χ0n) is 8.49. The first-order valence-corrected chi connectivity index (χ1v) is 4.63. The summed E-state index contributed by atoms with van der Waals surface area (Å²) in [7, 11) is 0. The van der Waals surface area contributed by atoms with Gasteiger partial charge >= 0.3 is 0 Å². The highest BCUT2D eigenvalue weighted by atomic mass is 15.1. The van der Waals surface area contributed by atoms with E-state index in [1.807, 2.05) is 31.2 Å². The molecule has 0 bridgehead atoms. The van der Waals surface area contributed by atoms with Crippen LogP contribution in [0.4, 0.5) is 5.69 Å². The van der Waals surface area contributed by atoms with E-state index in [0.717, 1.165) is 12.2 Å². The Labute approximate surface area is 79.7 Å². The third-order valence-corrected chi connectivity index (χ3v) is 1.74. The summed E-state index contributed by atoms with van der Waals surface area (Å²) >= 11 is 0. The van der Waals surface area contributed by atoms with Crippen molar-refractivity contribution in [1.82, 2.24) is 0 Å². The van der Waals surface area contributed by atoms with Crippen molar-refractivity contribution >= 4 is 5.69 Å². The Morgan fingerprint density at radius 3 is 2.54 bits per heavy atom. The van der Waals surface area contributed by atoms with Crippen LogP contribution in [-0.4, -0.2) is 6.54 Å². The second-order valence-electron chi connectivity index (χ2n) is 3.60. The molecule has 0 radical (unpaired) electrons. The Morgan fingerprint density at radius 2 is 1.92 bits per heavy atom. The van der Waals surface area contributed by atoms with Gasteiger partial charge in [-0.05, 0) is 24.5 Å². The minimum Gasteiger partial charge on any atom is -0.188 e. The molecule has 0 aliphatic heterocycles. The van der Waals surface area contributed by atoms with Gasteiger partial charge in [0.1, 0.15) is 0 Å². The Bertz CT molecular complexity index is 290. The van der Waals surface area contributed by atoms with E-state index in [4.69, 9.17) is 0 Å². The molecular weight excluding hydrogens is 160 g/mol. The first kappa shape index (κ1) is 9.90. The van der Waals surface area contributed by atoms with Crippen LogP contribution >= 0.6 is 0 Å². The third-order valence-electron chi connectivity index (χ3n) is 1.74. The van der Waals surface area contributed by atoms with Crippen LogP contribution in [0.1, 0.15) is 19.4 Å². The van der Waals surface area contributed by atoms with Crippen molar-refractivity contribution in [2.45, 2.75) is 20.8 Å². The summed E-state index contributed by atoms with van der Waals surface area (Å²) in [6.45, 7) is 7.12. The van der Waals surface area contributed by atoms with Crippen molar-refractivity contribution in [2.75, 3.05) is 6.54 Å². The van der Waals surface area contributed by atoms with Crippen molar-refractivity contribution in [3.05, 3.63) is 29.8 Å². The van der Waals surface area contributed by atoms with Gasteiger partial charge in [-0.1, -0.05) is 32.0 Å². The maximum absolute atomic E-state index is 4.17.